The summed E-state index contributed by atoms with van der Waals surface area (Å²) in [5.41, 5.74) is 5.53. The number of likely N-dealkylation sites (N-methyl/N-ethyl adjacent to an activating group) is 1. The number of hydrogen-bond acceptors (Lipinski definition) is 4. The van der Waals surface area contributed by atoms with Crippen molar-refractivity contribution in [3.8, 4) is 0 Å². The molecule has 1 heterocycles. The van der Waals surface area contributed by atoms with Crippen LogP contribution in [0.25, 0.3) is 0 Å². The number of hydrogen-bond donors (Lipinski definition) is 1. The van der Waals surface area contributed by atoms with Gasteiger partial charge < -0.3 is 10.6 Å². The van der Waals surface area contributed by atoms with Gasteiger partial charge in [0.15, 0.2) is 0 Å². The molecule has 0 aliphatic carbocycles. The molecule has 17 heavy (non-hydrogen) atoms. The zero-order valence-electron chi connectivity index (χ0n) is 11.2. The summed E-state index contributed by atoms with van der Waals surface area (Å²) in [7, 11) is 0. The van der Waals surface area contributed by atoms with Gasteiger partial charge in [0.05, 0.1) is 6.54 Å². The molecule has 1 aliphatic rings. The molecule has 2 N–H and O–H groups in total. The van der Waals surface area contributed by atoms with Gasteiger partial charge in [-0.2, -0.15) is 0 Å². The van der Waals surface area contributed by atoms with E-state index in [1.54, 1.807) is 0 Å². The van der Waals surface area contributed by atoms with Gasteiger partial charge in [0.25, 0.3) is 0 Å². The van der Waals surface area contributed by atoms with Crippen molar-refractivity contribution in [3.05, 3.63) is 0 Å². The van der Waals surface area contributed by atoms with E-state index in [4.69, 9.17) is 5.73 Å². The fourth-order valence-corrected chi connectivity index (χ4v) is 2.14. The normalized spacial score (nSPS) is 17.8. The molecule has 1 fully saturated rings. The number of piperazine rings is 1. The maximum atomic E-state index is 12.0. The molecule has 0 spiro atoms. The zero-order valence-corrected chi connectivity index (χ0v) is 11.2. The highest BCUT2D eigenvalue weighted by Gasteiger charge is 2.21. The molecule has 1 aliphatic heterocycles. The lowest BCUT2D eigenvalue weighted by Gasteiger charge is -2.35. The highest BCUT2D eigenvalue weighted by Crippen LogP contribution is 2.02. The van der Waals surface area contributed by atoms with Crippen LogP contribution < -0.4 is 5.73 Å². The van der Waals surface area contributed by atoms with Crippen molar-refractivity contribution >= 4 is 5.91 Å². The van der Waals surface area contributed by atoms with Gasteiger partial charge in [-0.1, -0.05) is 13.8 Å². The van der Waals surface area contributed by atoms with Crippen LogP contribution in [-0.4, -0.2) is 79.5 Å². The van der Waals surface area contributed by atoms with Crippen LogP contribution in [0.1, 0.15) is 13.8 Å². The first-order chi connectivity index (χ1) is 8.21. The van der Waals surface area contributed by atoms with Crippen molar-refractivity contribution in [2.75, 3.05) is 58.9 Å². The Balaban J connectivity index is 2.30. The van der Waals surface area contributed by atoms with Crippen LogP contribution in [0.15, 0.2) is 0 Å². The minimum Gasteiger partial charge on any atom is -0.339 e. The topological polar surface area (TPSA) is 52.8 Å². The Morgan fingerprint density at radius 3 is 2.24 bits per heavy atom. The molecule has 0 aromatic carbocycles. The van der Waals surface area contributed by atoms with Crippen molar-refractivity contribution in [1.29, 1.82) is 0 Å². The summed E-state index contributed by atoms with van der Waals surface area (Å²) in [6, 6.07) is 0. The lowest BCUT2D eigenvalue weighted by molar-refractivity contribution is -0.134. The van der Waals surface area contributed by atoms with E-state index in [-0.39, 0.29) is 5.91 Å². The second kappa shape index (κ2) is 7.63. The maximum absolute atomic E-state index is 12.0. The first kappa shape index (κ1) is 14.4. The van der Waals surface area contributed by atoms with Gasteiger partial charge in [-0.25, -0.2) is 0 Å². The Hall–Kier alpha value is -0.650. The molecule has 1 amide bonds. The molecular weight excluding hydrogens is 216 g/mol. The molecule has 0 atom stereocenters. The van der Waals surface area contributed by atoms with Crippen molar-refractivity contribution in [2.24, 2.45) is 5.73 Å². The minimum atomic E-state index is 0.265. The molecule has 1 saturated heterocycles. The van der Waals surface area contributed by atoms with Gasteiger partial charge in [0, 0.05) is 39.3 Å². The second-order valence-corrected chi connectivity index (χ2v) is 4.47. The monoisotopic (exact) mass is 242 g/mol. The predicted molar refractivity (Wildman–Crippen MR) is 69.9 cm³/mol. The maximum Gasteiger partial charge on any atom is 0.236 e. The molecule has 0 aromatic rings. The lowest BCUT2D eigenvalue weighted by Crippen LogP contribution is -2.51. The summed E-state index contributed by atoms with van der Waals surface area (Å²) >= 11 is 0. The third-order valence-electron chi connectivity index (χ3n) is 3.42. The van der Waals surface area contributed by atoms with Crippen LogP contribution in [-0.2, 0) is 4.79 Å². The van der Waals surface area contributed by atoms with Gasteiger partial charge in [-0.3, -0.25) is 14.6 Å². The van der Waals surface area contributed by atoms with Crippen molar-refractivity contribution < 1.29 is 4.79 Å². The summed E-state index contributed by atoms with van der Waals surface area (Å²) in [6.07, 6.45) is 0. The van der Waals surface area contributed by atoms with E-state index in [0.29, 0.717) is 13.1 Å². The number of carbonyl (C=O) groups is 1. The molecule has 5 nitrogen and oxygen atoms in total. The SMILES string of the molecule is CCN(CC)CC(=O)N1CCN(CCN)CC1. The zero-order chi connectivity index (χ0) is 12.7. The average Bonchev–Trinajstić information content (AvgIpc) is 2.37. The van der Waals surface area contributed by atoms with E-state index in [9.17, 15) is 4.79 Å². The quantitative estimate of drug-likeness (QED) is 0.678. The average molecular weight is 242 g/mol. The van der Waals surface area contributed by atoms with E-state index in [0.717, 1.165) is 45.8 Å². The number of nitrogens with two attached hydrogens (primary N) is 1. The third-order valence-corrected chi connectivity index (χ3v) is 3.42. The Kier molecular flexibility index (Phi) is 6.47. The van der Waals surface area contributed by atoms with E-state index < -0.39 is 0 Å². The number of nitrogens with zero attached hydrogens (tertiary/aromatic N) is 3. The largest absolute Gasteiger partial charge is 0.339 e. The number of carbonyl (C=O) groups excluding carboxylic acids is 1. The molecular formula is C12H26N4O. The smallest absolute Gasteiger partial charge is 0.236 e. The van der Waals surface area contributed by atoms with Crippen LogP contribution >= 0.6 is 0 Å². The molecule has 5 heteroatoms. The third kappa shape index (κ3) is 4.61. The molecule has 0 bridgehead atoms. The van der Waals surface area contributed by atoms with Gasteiger partial charge in [0.2, 0.25) is 5.91 Å². The number of rotatable bonds is 6. The highest BCUT2D eigenvalue weighted by molar-refractivity contribution is 5.78. The van der Waals surface area contributed by atoms with Crippen LogP contribution in [0, 0.1) is 0 Å². The van der Waals surface area contributed by atoms with Crippen molar-refractivity contribution in [1.82, 2.24) is 14.7 Å². The van der Waals surface area contributed by atoms with Crippen LogP contribution in [0.5, 0.6) is 0 Å². The van der Waals surface area contributed by atoms with Gasteiger partial charge in [-0.15, -0.1) is 0 Å². The minimum absolute atomic E-state index is 0.265. The Morgan fingerprint density at radius 1 is 1.18 bits per heavy atom. The van der Waals surface area contributed by atoms with Crippen molar-refractivity contribution in [3.63, 3.8) is 0 Å². The van der Waals surface area contributed by atoms with E-state index in [2.05, 4.69) is 23.6 Å². The van der Waals surface area contributed by atoms with Crippen LogP contribution in [0.3, 0.4) is 0 Å². The van der Waals surface area contributed by atoms with Gasteiger partial charge in [-0.05, 0) is 13.1 Å². The first-order valence-corrected chi connectivity index (χ1v) is 6.63. The van der Waals surface area contributed by atoms with Crippen molar-refractivity contribution in [2.45, 2.75) is 13.8 Å². The van der Waals surface area contributed by atoms with Crippen LogP contribution in [0.2, 0.25) is 0 Å². The summed E-state index contributed by atoms with van der Waals surface area (Å²) in [6.45, 7) is 11.9. The first-order valence-electron chi connectivity index (χ1n) is 6.63. The van der Waals surface area contributed by atoms with Gasteiger partial charge in [0.1, 0.15) is 0 Å². The van der Waals surface area contributed by atoms with Gasteiger partial charge >= 0.3 is 0 Å². The second-order valence-electron chi connectivity index (χ2n) is 4.47. The van der Waals surface area contributed by atoms with E-state index in [1.807, 2.05) is 4.90 Å². The molecule has 0 unspecified atom stereocenters. The molecule has 0 radical (unpaired) electrons. The Labute approximate surface area is 105 Å². The summed E-state index contributed by atoms with van der Waals surface area (Å²) in [5.74, 6) is 0.265. The highest BCUT2D eigenvalue weighted by atomic mass is 16.2. The predicted octanol–water partition coefficient (Wildman–Crippen LogP) is -0.569. The fraction of sp³-hybridized carbons (Fsp3) is 0.917. The van der Waals surface area contributed by atoms with Crippen LogP contribution in [0.4, 0.5) is 0 Å². The summed E-state index contributed by atoms with van der Waals surface area (Å²) in [5, 5.41) is 0. The summed E-state index contributed by atoms with van der Waals surface area (Å²) in [4.78, 5) is 18.5. The standard InChI is InChI=1S/C12H26N4O/c1-3-14(4-2)11-12(17)16-9-7-15(6-5-13)8-10-16/h3-11,13H2,1-2H3. The molecule has 1 rings (SSSR count). The Bertz CT molecular complexity index is 223. The number of amides is 1. The van der Waals surface area contributed by atoms with E-state index in [1.165, 1.54) is 0 Å². The Morgan fingerprint density at radius 2 is 1.76 bits per heavy atom. The van der Waals surface area contributed by atoms with E-state index >= 15 is 0 Å². The lowest BCUT2D eigenvalue weighted by atomic mass is 10.3. The fourth-order valence-electron chi connectivity index (χ4n) is 2.14. The summed E-state index contributed by atoms with van der Waals surface area (Å²) < 4.78 is 0. The molecule has 0 saturated carbocycles. The molecule has 0 aromatic heterocycles. The molecule has 100 valence electrons.